The zero-order chi connectivity index (χ0) is 13.8. The molecule has 0 saturated carbocycles. The average Bonchev–Trinajstić information content (AvgIpc) is 2.66. The Balaban J connectivity index is 2.72. The van der Waals surface area contributed by atoms with E-state index < -0.39 is 15.0 Å². The van der Waals surface area contributed by atoms with Gasteiger partial charge in [0.05, 0.1) is 6.61 Å². The van der Waals surface area contributed by atoms with Crippen LogP contribution in [0.4, 0.5) is 0 Å². The maximum Gasteiger partial charge on any atom is 0.355 e. The van der Waals surface area contributed by atoms with Gasteiger partial charge in [-0.3, -0.25) is 0 Å². The van der Waals surface area contributed by atoms with Crippen LogP contribution in [0.2, 0.25) is 0 Å². The van der Waals surface area contributed by atoms with Crippen LogP contribution >= 0.6 is 10.7 Å². The summed E-state index contributed by atoms with van der Waals surface area (Å²) in [5.74, 6) is -0.622. The van der Waals surface area contributed by atoms with Gasteiger partial charge in [-0.15, -0.1) is 0 Å². The molecular formula is C10H14ClNO5S. The van der Waals surface area contributed by atoms with E-state index in [0.29, 0.717) is 13.2 Å². The first-order valence-electron chi connectivity index (χ1n) is 5.22. The fourth-order valence-electron chi connectivity index (χ4n) is 1.28. The molecule has 0 unspecified atom stereocenters. The van der Waals surface area contributed by atoms with Crippen LogP contribution in [0.25, 0.3) is 0 Å². The first-order valence-corrected chi connectivity index (χ1v) is 7.53. The van der Waals surface area contributed by atoms with Gasteiger partial charge in [0.15, 0.2) is 0 Å². The van der Waals surface area contributed by atoms with Gasteiger partial charge in [-0.25, -0.2) is 13.2 Å². The summed E-state index contributed by atoms with van der Waals surface area (Å²) in [5, 5.41) is 0. The third-order valence-electron chi connectivity index (χ3n) is 2.14. The summed E-state index contributed by atoms with van der Waals surface area (Å²) < 4.78 is 33.5. The van der Waals surface area contributed by atoms with Crippen LogP contribution in [0, 0.1) is 0 Å². The van der Waals surface area contributed by atoms with E-state index in [4.69, 9.17) is 20.2 Å². The lowest BCUT2D eigenvalue weighted by atomic mass is 10.4. The minimum atomic E-state index is -3.85. The summed E-state index contributed by atoms with van der Waals surface area (Å²) in [7, 11) is 2.87. The van der Waals surface area contributed by atoms with E-state index >= 15 is 0 Å². The number of nitrogens with zero attached hydrogens (tertiary/aromatic N) is 1. The molecule has 1 rings (SSSR count). The number of rotatable bonds is 6. The molecular weight excluding hydrogens is 282 g/mol. The monoisotopic (exact) mass is 295 g/mol. The fourth-order valence-corrected chi connectivity index (χ4v) is 2.07. The van der Waals surface area contributed by atoms with Gasteiger partial charge in [0.2, 0.25) is 0 Å². The summed E-state index contributed by atoms with van der Waals surface area (Å²) in [5.41, 5.74) is 0.116. The highest BCUT2D eigenvalue weighted by Gasteiger charge is 2.19. The second-order valence-electron chi connectivity index (χ2n) is 3.44. The van der Waals surface area contributed by atoms with Gasteiger partial charge in [0.1, 0.15) is 17.2 Å². The number of esters is 1. The van der Waals surface area contributed by atoms with E-state index in [1.165, 1.54) is 23.9 Å². The van der Waals surface area contributed by atoms with Crippen LogP contribution in [0.1, 0.15) is 17.4 Å². The molecule has 0 radical (unpaired) electrons. The van der Waals surface area contributed by atoms with Crippen LogP contribution < -0.4 is 0 Å². The van der Waals surface area contributed by atoms with E-state index in [9.17, 15) is 13.2 Å². The molecule has 0 aromatic carbocycles. The molecule has 0 aliphatic heterocycles. The lowest BCUT2D eigenvalue weighted by Gasteiger charge is -2.05. The lowest BCUT2D eigenvalue weighted by Crippen LogP contribution is -2.13. The molecule has 1 heterocycles. The van der Waals surface area contributed by atoms with E-state index in [1.807, 2.05) is 6.92 Å². The normalized spacial score (nSPS) is 11.5. The predicted octanol–water partition coefficient (Wildman–Crippen LogP) is 1.15. The number of ether oxygens (including phenoxy) is 2. The van der Waals surface area contributed by atoms with E-state index in [0.717, 1.165) is 0 Å². The molecule has 8 heteroatoms. The van der Waals surface area contributed by atoms with Crippen molar-refractivity contribution in [3.05, 3.63) is 18.0 Å². The minimum Gasteiger partial charge on any atom is -0.459 e. The van der Waals surface area contributed by atoms with Crippen molar-refractivity contribution in [1.82, 2.24) is 4.57 Å². The van der Waals surface area contributed by atoms with E-state index in [2.05, 4.69) is 0 Å². The number of halogens is 1. The van der Waals surface area contributed by atoms with Crippen LogP contribution in [-0.2, 0) is 25.6 Å². The van der Waals surface area contributed by atoms with Gasteiger partial charge in [-0.2, -0.15) is 0 Å². The second-order valence-corrected chi connectivity index (χ2v) is 6.01. The Morgan fingerprint density at radius 1 is 1.44 bits per heavy atom. The van der Waals surface area contributed by atoms with Gasteiger partial charge >= 0.3 is 5.97 Å². The van der Waals surface area contributed by atoms with Crippen molar-refractivity contribution < 1.29 is 22.7 Å². The number of carbonyl (C=O) groups excluding carboxylic acids is 1. The maximum absolute atomic E-state index is 11.6. The average molecular weight is 296 g/mol. The number of hydrogen-bond acceptors (Lipinski definition) is 5. The van der Waals surface area contributed by atoms with Gasteiger partial charge in [-0.05, 0) is 13.0 Å². The van der Waals surface area contributed by atoms with Crippen molar-refractivity contribution in [3.63, 3.8) is 0 Å². The SMILES string of the molecule is CCOCCOC(=O)c1cc(S(=O)(=O)Cl)cn1C. The molecule has 0 N–H and O–H groups in total. The van der Waals surface area contributed by atoms with Crippen molar-refractivity contribution in [2.45, 2.75) is 11.8 Å². The molecule has 1 aromatic heterocycles. The first-order chi connectivity index (χ1) is 8.36. The zero-order valence-electron chi connectivity index (χ0n) is 10.1. The van der Waals surface area contributed by atoms with Gasteiger partial charge < -0.3 is 14.0 Å². The summed E-state index contributed by atoms with van der Waals surface area (Å²) in [6.07, 6.45) is 1.25. The number of aromatic nitrogens is 1. The third-order valence-corrected chi connectivity index (χ3v) is 3.46. The smallest absolute Gasteiger partial charge is 0.355 e. The van der Waals surface area contributed by atoms with Crippen molar-refractivity contribution in [2.75, 3.05) is 19.8 Å². The highest BCUT2D eigenvalue weighted by atomic mass is 35.7. The highest BCUT2D eigenvalue weighted by Crippen LogP contribution is 2.18. The molecule has 0 fully saturated rings. The Kier molecular flexibility index (Phi) is 5.18. The van der Waals surface area contributed by atoms with E-state index in [1.54, 1.807) is 0 Å². The molecule has 0 amide bonds. The zero-order valence-corrected chi connectivity index (χ0v) is 11.6. The Morgan fingerprint density at radius 3 is 2.61 bits per heavy atom. The molecule has 0 atom stereocenters. The molecule has 0 aliphatic rings. The molecule has 1 aromatic rings. The van der Waals surface area contributed by atoms with Crippen LogP contribution in [0.15, 0.2) is 17.2 Å². The maximum atomic E-state index is 11.6. The van der Waals surface area contributed by atoms with Gasteiger partial charge in [0, 0.05) is 30.5 Å². The largest absolute Gasteiger partial charge is 0.459 e. The standard InChI is InChI=1S/C10H14ClNO5S/c1-3-16-4-5-17-10(13)9-6-8(7-12(9)2)18(11,14)15/h6-7H,3-5H2,1-2H3. The molecule has 6 nitrogen and oxygen atoms in total. The van der Waals surface area contributed by atoms with Crippen molar-refractivity contribution >= 4 is 25.7 Å². The van der Waals surface area contributed by atoms with Crippen molar-refractivity contribution in [1.29, 1.82) is 0 Å². The summed E-state index contributed by atoms with van der Waals surface area (Å²) in [6.45, 7) is 2.78. The summed E-state index contributed by atoms with van der Waals surface area (Å²) in [6, 6.07) is 1.17. The Morgan fingerprint density at radius 2 is 2.11 bits per heavy atom. The molecule has 0 aliphatic carbocycles. The van der Waals surface area contributed by atoms with Crippen molar-refractivity contribution in [3.8, 4) is 0 Å². The van der Waals surface area contributed by atoms with Crippen LogP contribution in [0.5, 0.6) is 0 Å². The Hall–Kier alpha value is -1.05. The van der Waals surface area contributed by atoms with Crippen LogP contribution in [-0.4, -0.2) is 38.8 Å². The molecule has 0 spiro atoms. The topological polar surface area (TPSA) is 74.6 Å². The quantitative estimate of drug-likeness (QED) is 0.447. The predicted molar refractivity (Wildman–Crippen MR) is 65.2 cm³/mol. The first kappa shape index (κ1) is 15.0. The molecule has 102 valence electrons. The van der Waals surface area contributed by atoms with Crippen molar-refractivity contribution in [2.24, 2.45) is 7.05 Å². The number of carbonyl (C=O) groups is 1. The Bertz CT molecular complexity index is 522. The highest BCUT2D eigenvalue weighted by molar-refractivity contribution is 8.13. The summed E-state index contributed by atoms with van der Waals surface area (Å²) in [4.78, 5) is 11.5. The fraction of sp³-hybridized carbons (Fsp3) is 0.500. The van der Waals surface area contributed by atoms with Gasteiger partial charge in [-0.1, -0.05) is 0 Å². The summed E-state index contributed by atoms with van der Waals surface area (Å²) >= 11 is 0. The lowest BCUT2D eigenvalue weighted by molar-refractivity contribution is 0.0326. The van der Waals surface area contributed by atoms with E-state index in [-0.39, 0.29) is 17.2 Å². The third kappa shape index (κ3) is 4.01. The molecule has 0 saturated heterocycles. The molecule has 0 bridgehead atoms. The second kappa shape index (κ2) is 6.21. The van der Waals surface area contributed by atoms with Crippen LogP contribution in [0.3, 0.4) is 0 Å². The number of aryl methyl sites for hydroxylation is 1. The number of hydrogen-bond donors (Lipinski definition) is 0. The van der Waals surface area contributed by atoms with Gasteiger partial charge in [0.25, 0.3) is 9.05 Å². The minimum absolute atomic E-state index is 0.112. The molecule has 18 heavy (non-hydrogen) atoms. The Labute approximate surface area is 110 Å².